The predicted molar refractivity (Wildman–Crippen MR) is 169 cm³/mol. The molecule has 1 aliphatic heterocycles. The average molecular weight is 657 g/mol. The molecule has 0 bridgehead atoms. The Morgan fingerprint density at radius 2 is 1.84 bits per heavy atom. The van der Waals surface area contributed by atoms with E-state index < -0.39 is 53.3 Å². The maximum absolute atomic E-state index is 14.5. The standard InChI is InChI=1S/C32H50ClFN4O7/c1-31(2,3)45-30(43)37(4)20-25(27(39)21-11-6-5-7-12-21)36-28(40)38-18-9-13-22(19-38)32(44,16-10-17-35-29(41)42)23-14-8-15-24(34)26(23)33/h8,14-15,21-22,25,27,35,39,44H,5-7,9-13,16-20H2,1-4H3,(H,36,40)(H,41,42)/t22-,25?,27?,32+/m1/s1. The van der Waals surface area contributed by atoms with Crippen LogP contribution >= 0.6 is 11.6 Å². The molecule has 5 N–H and O–H groups in total. The molecular weight excluding hydrogens is 607 g/mol. The zero-order valence-electron chi connectivity index (χ0n) is 26.9. The lowest BCUT2D eigenvalue weighted by atomic mass is 9.74. The van der Waals surface area contributed by atoms with E-state index in [1.54, 1.807) is 38.8 Å². The van der Waals surface area contributed by atoms with Gasteiger partial charge in [0.05, 0.1) is 22.8 Å². The number of carboxylic acid groups (broad SMARTS) is 1. The summed E-state index contributed by atoms with van der Waals surface area (Å²) < 4.78 is 20.0. The average Bonchev–Trinajstić information content (AvgIpc) is 2.99. The minimum atomic E-state index is -1.64. The molecule has 3 rings (SSSR count). The molecule has 4 amide bonds. The number of nitrogens with zero attached hydrogens (tertiary/aromatic N) is 2. The fourth-order valence-corrected chi connectivity index (χ4v) is 6.79. The van der Waals surface area contributed by atoms with Crippen molar-refractivity contribution in [1.29, 1.82) is 0 Å². The molecule has 2 unspecified atom stereocenters. The van der Waals surface area contributed by atoms with Crippen molar-refractivity contribution in [3.8, 4) is 0 Å². The topological polar surface area (TPSA) is 152 Å². The summed E-state index contributed by atoms with van der Waals surface area (Å²) in [5.74, 6) is -1.24. The van der Waals surface area contributed by atoms with Crippen LogP contribution in [0, 0.1) is 17.7 Å². The summed E-state index contributed by atoms with van der Waals surface area (Å²) in [5, 5.41) is 37.6. The largest absolute Gasteiger partial charge is 0.465 e. The number of likely N-dealkylation sites (N-methyl/N-ethyl adjacent to an activating group) is 1. The van der Waals surface area contributed by atoms with Crippen molar-refractivity contribution in [3.05, 3.63) is 34.6 Å². The Morgan fingerprint density at radius 1 is 1.16 bits per heavy atom. The van der Waals surface area contributed by atoms with Crippen LogP contribution < -0.4 is 10.6 Å². The Labute approximate surface area is 270 Å². The van der Waals surface area contributed by atoms with E-state index in [0.717, 1.165) is 32.1 Å². The second-order valence-corrected chi connectivity index (χ2v) is 13.8. The third kappa shape index (κ3) is 10.3. The van der Waals surface area contributed by atoms with Crippen LogP contribution in [0.25, 0.3) is 0 Å². The smallest absolute Gasteiger partial charge is 0.410 e. The Morgan fingerprint density at radius 3 is 2.49 bits per heavy atom. The zero-order valence-corrected chi connectivity index (χ0v) is 27.6. The Kier molecular flexibility index (Phi) is 13.1. The highest BCUT2D eigenvalue weighted by atomic mass is 35.5. The summed E-state index contributed by atoms with van der Waals surface area (Å²) in [5.41, 5.74) is -2.16. The highest BCUT2D eigenvalue weighted by Crippen LogP contribution is 2.43. The third-order valence-electron chi connectivity index (χ3n) is 8.84. The highest BCUT2D eigenvalue weighted by Gasteiger charge is 2.43. The maximum atomic E-state index is 14.5. The highest BCUT2D eigenvalue weighted by molar-refractivity contribution is 6.31. The molecule has 0 spiro atoms. The number of rotatable bonds is 11. The third-order valence-corrected chi connectivity index (χ3v) is 9.23. The van der Waals surface area contributed by atoms with Crippen LogP contribution in [-0.2, 0) is 10.3 Å². The minimum Gasteiger partial charge on any atom is -0.465 e. The summed E-state index contributed by atoms with van der Waals surface area (Å²) in [6, 6.07) is 3.00. The van der Waals surface area contributed by atoms with Crippen molar-refractivity contribution in [2.75, 3.05) is 33.2 Å². The quantitative estimate of drug-likeness (QED) is 0.202. The number of aliphatic hydroxyl groups excluding tert-OH is 1. The van der Waals surface area contributed by atoms with Crippen LogP contribution in [0.4, 0.5) is 18.8 Å². The number of carbonyl (C=O) groups excluding carboxylic acids is 2. The number of benzene rings is 1. The van der Waals surface area contributed by atoms with E-state index in [2.05, 4.69) is 10.6 Å². The minimum absolute atomic E-state index is 0.0233. The molecule has 2 fully saturated rings. The van der Waals surface area contributed by atoms with Gasteiger partial charge in [-0.1, -0.05) is 43.0 Å². The molecule has 11 nitrogen and oxygen atoms in total. The van der Waals surface area contributed by atoms with Crippen molar-refractivity contribution >= 4 is 29.8 Å². The van der Waals surface area contributed by atoms with Gasteiger partial charge in [-0.3, -0.25) is 0 Å². The summed E-state index contributed by atoms with van der Waals surface area (Å²) in [4.78, 5) is 40.4. The number of ether oxygens (including phenoxy) is 1. The second-order valence-electron chi connectivity index (χ2n) is 13.5. The molecule has 1 aliphatic carbocycles. The molecule has 0 radical (unpaired) electrons. The van der Waals surface area contributed by atoms with Gasteiger partial charge >= 0.3 is 18.2 Å². The molecule has 0 aromatic heterocycles. The summed E-state index contributed by atoms with van der Waals surface area (Å²) in [7, 11) is 1.57. The first-order valence-electron chi connectivity index (χ1n) is 15.9. The number of nitrogens with one attached hydrogen (secondary N) is 2. The number of amides is 4. The van der Waals surface area contributed by atoms with E-state index in [1.165, 1.54) is 17.0 Å². The Bertz CT molecular complexity index is 1160. The normalized spacial score (nSPS) is 20.4. The molecule has 45 heavy (non-hydrogen) atoms. The number of hydrogen-bond donors (Lipinski definition) is 5. The van der Waals surface area contributed by atoms with Crippen molar-refractivity contribution in [1.82, 2.24) is 20.4 Å². The first-order valence-corrected chi connectivity index (χ1v) is 16.3. The molecule has 1 saturated heterocycles. The predicted octanol–water partition coefficient (Wildman–Crippen LogP) is 5.31. The molecule has 4 atom stereocenters. The number of piperidine rings is 1. The van der Waals surface area contributed by atoms with Gasteiger partial charge in [0.15, 0.2) is 0 Å². The molecule has 1 saturated carbocycles. The number of halogens is 2. The van der Waals surface area contributed by atoms with Crippen molar-refractivity contribution in [2.24, 2.45) is 11.8 Å². The van der Waals surface area contributed by atoms with Gasteiger partial charge in [0, 0.05) is 44.7 Å². The summed E-state index contributed by atoms with van der Waals surface area (Å²) in [6.07, 6.45) is 3.50. The fourth-order valence-electron chi connectivity index (χ4n) is 6.50. The van der Waals surface area contributed by atoms with Crippen LogP contribution in [-0.4, -0.2) is 94.3 Å². The van der Waals surface area contributed by atoms with Crippen LogP contribution in [0.5, 0.6) is 0 Å². The lowest BCUT2D eigenvalue weighted by molar-refractivity contribution is -0.0557. The van der Waals surface area contributed by atoms with Crippen LogP contribution in [0.2, 0.25) is 5.02 Å². The first-order chi connectivity index (χ1) is 21.1. The summed E-state index contributed by atoms with van der Waals surface area (Å²) >= 11 is 6.34. The molecule has 1 aromatic carbocycles. The second kappa shape index (κ2) is 16.1. The maximum Gasteiger partial charge on any atom is 0.410 e. The van der Waals surface area contributed by atoms with Gasteiger partial charge in [-0.15, -0.1) is 0 Å². The molecule has 13 heteroatoms. The van der Waals surface area contributed by atoms with Crippen molar-refractivity contribution in [3.63, 3.8) is 0 Å². The Hall–Kier alpha value is -2.83. The van der Waals surface area contributed by atoms with Gasteiger partial charge in [-0.25, -0.2) is 18.8 Å². The Balaban J connectivity index is 1.81. The van der Waals surface area contributed by atoms with Crippen LogP contribution in [0.1, 0.15) is 84.1 Å². The summed E-state index contributed by atoms with van der Waals surface area (Å²) in [6.45, 7) is 5.93. The molecule has 2 aliphatic rings. The molecular formula is C32H50ClFN4O7. The van der Waals surface area contributed by atoms with Crippen LogP contribution in [0.15, 0.2) is 18.2 Å². The van der Waals surface area contributed by atoms with E-state index in [1.807, 2.05) is 0 Å². The van der Waals surface area contributed by atoms with Gasteiger partial charge in [0.2, 0.25) is 0 Å². The number of carbonyl (C=O) groups is 3. The first kappa shape index (κ1) is 36.6. The van der Waals surface area contributed by atoms with Gasteiger partial charge in [0.25, 0.3) is 0 Å². The van der Waals surface area contributed by atoms with E-state index >= 15 is 0 Å². The van der Waals surface area contributed by atoms with E-state index in [9.17, 15) is 29.0 Å². The van der Waals surface area contributed by atoms with Crippen molar-refractivity contribution in [2.45, 2.75) is 102 Å². The monoisotopic (exact) mass is 656 g/mol. The van der Waals surface area contributed by atoms with E-state index in [0.29, 0.717) is 19.4 Å². The van der Waals surface area contributed by atoms with E-state index in [4.69, 9.17) is 21.4 Å². The van der Waals surface area contributed by atoms with Gasteiger partial charge in [-0.2, -0.15) is 0 Å². The number of hydrogen-bond acceptors (Lipinski definition) is 6. The number of aliphatic hydroxyl groups is 2. The molecule has 254 valence electrons. The van der Waals surface area contributed by atoms with Gasteiger partial charge in [-0.05, 0) is 71.3 Å². The lowest BCUT2D eigenvalue weighted by Crippen LogP contribution is -2.58. The van der Waals surface area contributed by atoms with Crippen LogP contribution in [0.3, 0.4) is 0 Å². The number of likely N-dealkylation sites (tertiary alicyclic amines) is 1. The molecule has 1 aromatic rings. The number of urea groups is 1. The van der Waals surface area contributed by atoms with Gasteiger partial charge < -0.3 is 40.5 Å². The SMILES string of the molecule is CN(CC(NC(=O)N1CCC[C@@H]([C@@](O)(CCCNC(=O)O)c2cccc(F)c2Cl)C1)C(O)C1CCCCC1)C(=O)OC(C)(C)C. The van der Waals surface area contributed by atoms with E-state index in [-0.39, 0.29) is 49.0 Å². The zero-order chi connectivity index (χ0) is 33.4. The fraction of sp³-hybridized carbons (Fsp3) is 0.719. The lowest BCUT2D eigenvalue weighted by Gasteiger charge is -2.44. The van der Waals surface area contributed by atoms with Crippen molar-refractivity contribution < 1.29 is 38.8 Å². The molecule has 1 heterocycles. The van der Waals surface area contributed by atoms with Gasteiger partial charge in [0.1, 0.15) is 11.4 Å².